The summed E-state index contributed by atoms with van der Waals surface area (Å²) in [6.07, 6.45) is -2.38. The lowest BCUT2D eigenvalue weighted by Gasteiger charge is -2.40. The van der Waals surface area contributed by atoms with Crippen molar-refractivity contribution in [3.8, 4) is 5.75 Å². The molecule has 188 valence electrons. The van der Waals surface area contributed by atoms with E-state index in [2.05, 4.69) is 10.1 Å². The van der Waals surface area contributed by atoms with E-state index in [0.29, 0.717) is 43.1 Å². The zero-order chi connectivity index (χ0) is 24.8. The molecule has 2 fully saturated rings. The summed E-state index contributed by atoms with van der Waals surface area (Å²) in [4.78, 5) is 18.3. The molecule has 2 aliphatic rings. The Labute approximate surface area is 195 Å². The summed E-state index contributed by atoms with van der Waals surface area (Å²) >= 11 is 0. The zero-order valence-electron chi connectivity index (χ0n) is 19.6. The van der Waals surface area contributed by atoms with Crippen molar-refractivity contribution in [1.29, 1.82) is 0 Å². The largest absolute Gasteiger partial charge is 0.491 e. The molecule has 1 aliphatic carbocycles. The molecule has 34 heavy (non-hydrogen) atoms. The fourth-order valence-electron chi connectivity index (χ4n) is 5.52. The molecule has 0 bridgehead atoms. The smallest absolute Gasteiger partial charge is 0.391 e. The summed E-state index contributed by atoms with van der Waals surface area (Å²) in [5, 5.41) is 14.4. The number of carboxylic acid groups (broad SMARTS) is 1. The fourth-order valence-corrected chi connectivity index (χ4v) is 5.52. The molecule has 1 N–H and O–H groups in total. The summed E-state index contributed by atoms with van der Waals surface area (Å²) in [7, 11) is 1.47. The molecule has 1 aliphatic heterocycles. The van der Waals surface area contributed by atoms with Crippen LogP contribution in [0.1, 0.15) is 69.2 Å². The third kappa shape index (κ3) is 4.07. The molecular formula is C23H30F4N4O3. The Hall–Kier alpha value is -2.59. The molecule has 1 atom stereocenters. The summed E-state index contributed by atoms with van der Waals surface area (Å²) in [6, 6.07) is 0. The molecule has 0 radical (unpaired) electrons. The molecule has 7 nitrogen and oxygen atoms in total. The first-order valence-corrected chi connectivity index (χ1v) is 11.7. The molecule has 0 amide bonds. The highest BCUT2D eigenvalue weighted by Crippen LogP contribution is 2.45. The van der Waals surface area contributed by atoms with E-state index in [9.17, 15) is 23.1 Å². The van der Waals surface area contributed by atoms with Crippen molar-refractivity contribution in [1.82, 2.24) is 14.6 Å². The van der Waals surface area contributed by atoms with Crippen LogP contribution in [-0.2, 0) is 4.79 Å². The van der Waals surface area contributed by atoms with E-state index in [1.807, 2.05) is 11.8 Å². The minimum atomic E-state index is -4.24. The standard InChI is InChI=1S/C23H30F4N4O3/c1-4-22(21(32)33)10-5-11-30(12-22)20-18(34-3)13(2)28-19-16(24)17(29-31(19)20)14-6-8-15(9-7-14)23(25,26)27/h14-15H,4-12H2,1-3H3,(H,32,33)/t14-,15-,22-/m1/s1. The Morgan fingerprint density at radius 3 is 2.50 bits per heavy atom. The van der Waals surface area contributed by atoms with Gasteiger partial charge in [-0.3, -0.25) is 4.79 Å². The second-order valence-electron chi connectivity index (χ2n) is 9.54. The van der Waals surface area contributed by atoms with E-state index in [1.165, 1.54) is 11.6 Å². The Balaban J connectivity index is 1.76. The van der Waals surface area contributed by atoms with Crippen LogP contribution in [-0.4, -0.2) is 52.0 Å². The number of aromatic nitrogens is 3. The van der Waals surface area contributed by atoms with E-state index in [0.717, 1.165) is 0 Å². The van der Waals surface area contributed by atoms with Gasteiger partial charge in [-0.2, -0.15) is 22.8 Å². The normalized spacial score (nSPS) is 26.1. The minimum Gasteiger partial charge on any atom is -0.491 e. The fraction of sp³-hybridized carbons (Fsp3) is 0.696. The highest BCUT2D eigenvalue weighted by Gasteiger charge is 2.44. The first-order chi connectivity index (χ1) is 16.0. The Kier molecular flexibility index (Phi) is 6.41. The van der Waals surface area contributed by atoms with Crippen molar-refractivity contribution in [2.24, 2.45) is 11.3 Å². The van der Waals surface area contributed by atoms with E-state index in [-0.39, 0.29) is 43.6 Å². The minimum absolute atomic E-state index is 0.0239. The molecule has 2 aromatic heterocycles. The maximum atomic E-state index is 15.5. The average Bonchev–Trinajstić information content (AvgIpc) is 3.13. The molecule has 2 aromatic rings. The number of carboxylic acids is 1. The number of halogens is 4. The predicted octanol–water partition coefficient (Wildman–Crippen LogP) is 5.10. The first-order valence-electron chi connectivity index (χ1n) is 11.7. The van der Waals surface area contributed by atoms with Crippen molar-refractivity contribution in [3.63, 3.8) is 0 Å². The summed E-state index contributed by atoms with van der Waals surface area (Å²) in [5.41, 5.74) is -0.431. The monoisotopic (exact) mass is 486 g/mol. The number of rotatable bonds is 5. The van der Waals surface area contributed by atoms with Crippen LogP contribution in [0.15, 0.2) is 0 Å². The Morgan fingerprint density at radius 1 is 1.26 bits per heavy atom. The lowest BCUT2D eigenvalue weighted by Crippen LogP contribution is -2.48. The predicted molar refractivity (Wildman–Crippen MR) is 117 cm³/mol. The van der Waals surface area contributed by atoms with Crippen molar-refractivity contribution in [3.05, 3.63) is 17.2 Å². The van der Waals surface area contributed by atoms with Gasteiger partial charge in [-0.05, 0) is 51.9 Å². The highest BCUT2D eigenvalue weighted by atomic mass is 19.4. The Morgan fingerprint density at radius 2 is 1.94 bits per heavy atom. The number of nitrogens with zero attached hydrogens (tertiary/aromatic N) is 4. The number of hydrogen-bond donors (Lipinski definition) is 1. The van der Waals surface area contributed by atoms with Gasteiger partial charge in [0.2, 0.25) is 0 Å². The van der Waals surface area contributed by atoms with E-state index in [1.54, 1.807) is 6.92 Å². The summed E-state index contributed by atoms with van der Waals surface area (Å²) in [6.45, 7) is 4.26. The number of fused-ring (bicyclic) bond motifs is 1. The van der Waals surface area contributed by atoms with Crippen molar-refractivity contribution < 1.29 is 32.2 Å². The van der Waals surface area contributed by atoms with Crippen LogP contribution in [0.2, 0.25) is 0 Å². The van der Waals surface area contributed by atoms with Gasteiger partial charge in [-0.1, -0.05) is 6.92 Å². The number of aryl methyl sites for hydroxylation is 1. The quantitative estimate of drug-likeness (QED) is 0.593. The molecule has 0 aromatic carbocycles. The number of alkyl halides is 3. The molecule has 1 saturated carbocycles. The van der Waals surface area contributed by atoms with Gasteiger partial charge < -0.3 is 14.7 Å². The number of hydrogen-bond acceptors (Lipinski definition) is 5. The molecule has 0 spiro atoms. The van der Waals surface area contributed by atoms with Gasteiger partial charge >= 0.3 is 12.1 Å². The average molecular weight is 487 g/mol. The van der Waals surface area contributed by atoms with Gasteiger partial charge in [0.05, 0.1) is 24.1 Å². The summed E-state index contributed by atoms with van der Waals surface area (Å²) in [5.74, 6) is -2.52. The number of aliphatic carboxylic acids is 1. The molecule has 11 heteroatoms. The van der Waals surface area contributed by atoms with Gasteiger partial charge in [0, 0.05) is 19.0 Å². The third-order valence-corrected chi connectivity index (χ3v) is 7.62. The third-order valence-electron chi connectivity index (χ3n) is 7.62. The molecule has 0 unspecified atom stereocenters. The molecular weight excluding hydrogens is 456 g/mol. The van der Waals surface area contributed by atoms with Crippen LogP contribution in [0, 0.1) is 24.1 Å². The van der Waals surface area contributed by atoms with Crippen molar-refractivity contribution in [2.45, 2.75) is 70.9 Å². The van der Waals surface area contributed by atoms with Gasteiger partial charge in [0.15, 0.2) is 23.0 Å². The second kappa shape index (κ2) is 8.88. The number of carbonyl (C=O) groups is 1. The maximum Gasteiger partial charge on any atom is 0.391 e. The summed E-state index contributed by atoms with van der Waals surface area (Å²) < 4.78 is 61.7. The number of anilines is 1. The molecule has 1 saturated heterocycles. The van der Waals surface area contributed by atoms with Gasteiger partial charge in [0.1, 0.15) is 5.69 Å². The highest BCUT2D eigenvalue weighted by molar-refractivity contribution is 5.76. The van der Waals surface area contributed by atoms with Crippen LogP contribution in [0.25, 0.3) is 5.65 Å². The molecule has 4 rings (SSSR count). The lowest BCUT2D eigenvalue weighted by atomic mass is 9.77. The van der Waals surface area contributed by atoms with E-state index >= 15 is 4.39 Å². The Bertz CT molecular complexity index is 1080. The van der Waals surface area contributed by atoms with Crippen LogP contribution in [0.4, 0.5) is 23.4 Å². The van der Waals surface area contributed by atoms with Crippen molar-refractivity contribution >= 4 is 17.4 Å². The van der Waals surface area contributed by atoms with Gasteiger partial charge in [-0.15, -0.1) is 0 Å². The van der Waals surface area contributed by atoms with Gasteiger partial charge in [0.25, 0.3) is 0 Å². The lowest BCUT2D eigenvalue weighted by molar-refractivity contribution is -0.182. The van der Waals surface area contributed by atoms with Crippen LogP contribution in [0.3, 0.4) is 0 Å². The van der Waals surface area contributed by atoms with E-state index in [4.69, 9.17) is 4.74 Å². The van der Waals surface area contributed by atoms with E-state index < -0.39 is 35.2 Å². The maximum absolute atomic E-state index is 15.5. The SMILES string of the molecule is CC[C@@]1(C(=O)O)CCCN(c2c(OC)c(C)nc3c(F)c([C@H]4CC[C@H](C(F)(F)F)CC4)nn23)C1. The number of methoxy groups -OCH3 is 1. The van der Waals surface area contributed by atoms with Crippen LogP contribution in [0.5, 0.6) is 5.75 Å². The van der Waals surface area contributed by atoms with Crippen LogP contribution < -0.4 is 9.64 Å². The van der Waals surface area contributed by atoms with Gasteiger partial charge in [-0.25, -0.2) is 9.37 Å². The second-order valence-corrected chi connectivity index (χ2v) is 9.54. The zero-order valence-corrected chi connectivity index (χ0v) is 19.6. The van der Waals surface area contributed by atoms with Crippen molar-refractivity contribution in [2.75, 3.05) is 25.1 Å². The molecule has 3 heterocycles. The first kappa shape index (κ1) is 24.5. The number of ether oxygens (including phenoxy) is 1. The van der Waals surface area contributed by atoms with Crippen LogP contribution >= 0.6 is 0 Å². The number of piperidine rings is 1. The topological polar surface area (TPSA) is 80.0 Å².